The minimum atomic E-state index is -0.861. The molecule has 0 atom stereocenters. The SMILES string of the molecule is O=C(O)CCC1CN(C(=O)C2(NC(=O)OCC3c4ccccc4-c4ccccc43)CC2)C1. The van der Waals surface area contributed by atoms with Gasteiger partial charge in [0.25, 0.3) is 0 Å². The Labute approximate surface area is 186 Å². The number of benzene rings is 2. The Morgan fingerprint density at radius 1 is 1.00 bits per heavy atom. The zero-order chi connectivity index (χ0) is 22.3. The van der Waals surface area contributed by atoms with Crippen LogP contribution in [0.1, 0.15) is 42.7 Å². The Bertz CT molecular complexity index is 1030. The van der Waals surface area contributed by atoms with E-state index in [1.807, 2.05) is 24.3 Å². The van der Waals surface area contributed by atoms with Crippen LogP contribution in [0, 0.1) is 5.92 Å². The first-order valence-electron chi connectivity index (χ1n) is 11.1. The molecule has 1 heterocycles. The smallest absolute Gasteiger partial charge is 0.408 e. The average molecular weight is 434 g/mol. The van der Waals surface area contributed by atoms with Crippen LogP contribution in [-0.4, -0.2) is 53.2 Å². The number of likely N-dealkylation sites (tertiary alicyclic amines) is 1. The van der Waals surface area contributed by atoms with Crippen LogP contribution in [-0.2, 0) is 14.3 Å². The second-order valence-electron chi connectivity index (χ2n) is 9.04. The summed E-state index contributed by atoms with van der Waals surface area (Å²) in [5.74, 6) is -0.701. The Morgan fingerprint density at radius 2 is 1.59 bits per heavy atom. The number of ether oxygens (including phenoxy) is 1. The number of nitrogens with zero attached hydrogens (tertiary/aromatic N) is 1. The molecular formula is C25H26N2O5. The van der Waals surface area contributed by atoms with E-state index >= 15 is 0 Å². The first kappa shape index (κ1) is 20.5. The summed E-state index contributed by atoms with van der Waals surface area (Å²) in [6.07, 6.45) is 1.33. The zero-order valence-electron chi connectivity index (χ0n) is 17.8. The molecule has 2 aromatic rings. The van der Waals surface area contributed by atoms with Crippen molar-refractivity contribution in [1.29, 1.82) is 0 Å². The first-order chi connectivity index (χ1) is 15.5. The van der Waals surface area contributed by atoms with E-state index in [0.717, 1.165) is 11.1 Å². The molecule has 0 unspecified atom stereocenters. The largest absolute Gasteiger partial charge is 0.481 e. The highest BCUT2D eigenvalue weighted by molar-refractivity contribution is 5.93. The van der Waals surface area contributed by atoms with Crippen molar-refractivity contribution in [2.24, 2.45) is 5.92 Å². The predicted octanol–water partition coefficient (Wildman–Crippen LogP) is 3.38. The molecule has 7 heteroatoms. The van der Waals surface area contributed by atoms with E-state index in [-0.39, 0.29) is 30.8 Å². The molecule has 2 aliphatic carbocycles. The number of nitrogens with one attached hydrogen (secondary N) is 1. The number of carbonyl (C=O) groups is 3. The number of aliphatic carboxylic acids is 1. The fraction of sp³-hybridized carbons (Fsp3) is 0.400. The summed E-state index contributed by atoms with van der Waals surface area (Å²) >= 11 is 0. The third-order valence-electron chi connectivity index (χ3n) is 6.86. The number of hydrogen-bond donors (Lipinski definition) is 2. The van der Waals surface area contributed by atoms with Crippen molar-refractivity contribution in [3.05, 3.63) is 59.7 Å². The highest BCUT2D eigenvalue weighted by atomic mass is 16.5. The normalized spacial score (nSPS) is 18.3. The maximum Gasteiger partial charge on any atom is 0.408 e. The van der Waals surface area contributed by atoms with Crippen molar-refractivity contribution in [1.82, 2.24) is 10.2 Å². The molecule has 0 spiro atoms. The summed E-state index contributed by atoms with van der Waals surface area (Å²) in [4.78, 5) is 37.9. The lowest BCUT2D eigenvalue weighted by Gasteiger charge is -2.41. The van der Waals surface area contributed by atoms with Gasteiger partial charge in [0.15, 0.2) is 0 Å². The number of hydrogen-bond acceptors (Lipinski definition) is 4. The summed E-state index contributed by atoms with van der Waals surface area (Å²) < 4.78 is 5.60. The summed E-state index contributed by atoms with van der Waals surface area (Å²) in [6, 6.07) is 16.3. The van der Waals surface area contributed by atoms with Gasteiger partial charge in [0, 0.05) is 25.4 Å². The highest BCUT2D eigenvalue weighted by Crippen LogP contribution is 2.45. The van der Waals surface area contributed by atoms with Gasteiger partial charge < -0.3 is 20.1 Å². The van der Waals surface area contributed by atoms with Crippen LogP contribution in [0.25, 0.3) is 11.1 Å². The van der Waals surface area contributed by atoms with Crippen LogP contribution in [0.4, 0.5) is 4.79 Å². The van der Waals surface area contributed by atoms with Gasteiger partial charge in [0.1, 0.15) is 12.1 Å². The van der Waals surface area contributed by atoms with E-state index in [1.54, 1.807) is 4.90 Å². The lowest BCUT2D eigenvalue weighted by atomic mass is 9.93. The van der Waals surface area contributed by atoms with Crippen LogP contribution in [0.2, 0.25) is 0 Å². The molecule has 0 aromatic heterocycles. The maximum atomic E-state index is 12.9. The molecule has 166 valence electrons. The van der Waals surface area contributed by atoms with Gasteiger partial charge in [-0.15, -0.1) is 0 Å². The summed E-state index contributed by atoms with van der Waals surface area (Å²) in [5.41, 5.74) is 3.76. The van der Waals surface area contributed by atoms with Crippen molar-refractivity contribution in [3.63, 3.8) is 0 Å². The van der Waals surface area contributed by atoms with Crippen molar-refractivity contribution in [2.75, 3.05) is 19.7 Å². The molecule has 3 aliphatic rings. The molecule has 0 radical (unpaired) electrons. The van der Waals surface area contributed by atoms with E-state index in [9.17, 15) is 14.4 Å². The van der Waals surface area contributed by atoms with Crippen LogP contribution >= 0.6 is 0 Å². The Hall–Kier alpha value is -3.35. The molecule has 7 nitrogen and oxygen atoms in total. The Kier molecular flexibility index (Phi) is 5.12. The number of amides is 2. The molecule has 1 saturated carbocycles. The van der Waals surface area contributed by atoms with Gasteiger partial charge >= 0.3 is 12.1 Å². The molecular weight excluding hydrogens is 408 g/mol. The zero-order valence-corrected chi connectivity index (χ0v) is 17.8. The number of rotatable bonds is 7. The number of alkyl carbamates (subject to hydrolysis) is 1. The number of carboxylic acids is 1. The third kappa shape index (κ3) is 3.72. The summed E-state index contributed by atoms with van der Waals surface area (Å²) in [7, 11) is 0. The monoisotopic (exact) mass is 434 g/mol. The molecule has 5 rings (SSSR count). The standard InChI is InChI=1S/C25H26N2O5/c28-22(29)10-9-16-13-27(14-16)23(30)25(11-12-25)26-24(31)32-15-21-19-7-3-1-5-17(19)18-6-2-4-8-20(18)21/h1-8,16,21H,9-15H2,(H,26,31)(H,28,29). The predicted molar refractivity (Wildman–Crippen MR) is 117 cm³/mol. The molecule has 0 bridgehead atoms. The fourth-order valence-electron chi connectivity index (χ4n) is 4.90. The molecule has 32 heavy (non-hydrogen) atoms. The van der Waals surface area contributed by atoms with E-state index in [0.29, 0.717) is 32.4 Å². The van der Waals surface area contributed by atoms with Crippen molar-refractivity contribution < 1.29 is 24.2 Å². The molecule has 1 saturated heterocycles. The van der Waals surface area contributed by atoms with Crippen LogP contribution in [0.5, 0.6) is 0 Å². The lowest BCUT2D eigenvalue weighted by molar-refractivity contribution is -0.142. The van der Waals surface area contributed by atoms with Gasteiger partial charge in [-0.2, -0.15) is 0 Å². The van der Waals surface area contributed by atoms with Gasteiger partial charge in [0.2, 0.25) is 5.91 Å². The second kappa shape index (κ2) is 7.97. The minimum absolute atomic E-state index is 0.0237. The van der Waals surface area contributed by atoms with Crippen LogP contribution in [0.15, 0.2) is 48.5 Å². The quantitative estimate of drug-likeness (QED) is 0.697. The van der Waals surface area contributed by atoms with Gasteiger partial charge in [-0.3, -0.25) is 9.59 Å². The van der Waals surface area contributed by atoms with E-state index in [4.69, 9.17) is 9.84 Å². The van der Waals surface area contributed by atoms with Crippen LogP contribution < -0.4 is 5.32 Å². The third-order valence-corrected chi connectivity index (χ3v) is 6.86. The van der Waals surface area contributed by atoms with E-state index in [2.05, 4.69) is 29.6 Å². The van der Waals surface area contributed by atoms with Gasteiger partial charge in [-0.25, -0.2) is 4.79 Å². The number of fused-ring (bicyclic) bond motifs is 3. The fourth-order valence-corrected chi connectivity index (χ4v) is 4.90. The van der Waals surface area contributed by atoms with E-state index < -0.39 is 17.6 Å². The van der Waals surface area contributed by atoms with E-state index in [1.165, 1.54) is 11.1 Å². The van der Waals surface area contributed by atoms with Gasteiger partial charge in [-0.1, -0.05) is 48.5 Å². The first-order valence-corrected chi connectivity index (χ1v) is 11.1. The molecule has 2 N–H and O–H groups in total. The average Bonchev–Trinajstić information content (AvgIpc) is 3.46. The van der Waals surface area contributed by atoms with Crippen molar-refractivity contribution in [2.45, 2.75) is 37.1 Å². The topological polar surface area (TPSA) is 95.9 Å². The van der Waals surface area contributed by atoms with Crippen LogP contribution in [0.3, 0.4) is 0 Å². The molecule has 1 aliphatic heterocycles. The highest BCUT2D eigenvalue weighted by Gasteiger charge is 2.55. The Balaban J connectivity index is 1.17. The molecule has 2 aromatic carbocycles. The summed E-state index contributed by atoms with van der Waals surface area (Å²) in [6.45, 7) is 1.32. The van der Waals surface area contributed by atoms with Gasteiger partial charge in [-0.05, 0) is 47.4 Å². The number of carboxylic acid groups (broad SMARTS) is 1. The van der Waals surface area contributed by atoms with Gasteiger partial charge in [0.05, 0.1) is 0 Å². The van der Waals surface area contributed by atoms with Crippen molar-refractivity contribution in [3.8, 4) is 11.1 Å². The number of carbonyl (C=O) groups excluding carboxylic acids is 2. The minimum Gasteiger partial charge on any atom is -0.481 e. The van der Waals surface area contributed by atoms with Crippen molar-refractivity contribution >= 4 is 18.0 Å². The molecule has 2 fully saturated rings. The summed E-state index contributed by atoms with van der Waals surface area (Å²) in [5, 5.41) is 11.6. The maximum absolute atomic E-state index is 12.9. The molecule has 2 amide bonds. The Morgan fingerprint density at radius 3 is 2.16 bits per heavy atom. The second-order valence-corrected chi connectivity index (χ2v) is 9.04. The lowest BCUT2D eigenvalue weighted by Crippen LogP contribution is -2.58.